The molecule has 0 aromatic carbocycles. The Labute approximate surface area is 116 Å². The third-order valence-corrected chi connectivity index (χ3v) is 4.68. The molecule has 1 N–H and O–H groups in total. The van der Waals surface area contributed by atoms with Gasteiger partial charge in [-0.2, -0.15) is 0 Å². The van der Waals surface area contributed by atoms with Crippen molar-refractivity contribution in [3.63, 3.8) is 0 Å². The Morgan fingerprint density at radius 2 is 2.00 bits per heavy atom. The molecule has 4 nitrogen and oxygen atoms in total. The number of hydrogen-bond acceptors (Lipinski definition) is 3. The highest BCUT2D eigenvalue weighted by Gasteiger charge is 2.25. The monoisotopic (exact) mass is 262 g/mol. The summed E-state index contributed by atoms with van der Waals surface area (Å²) in [5.74, 6) is 3.01. The van der Waals surface area contributed by atoms with E-state index in [0.717, 1.165) is 30.6 Å². The summed E-state index contributed by atoms with van der Waals surface area (Å²) in [5, 5.41) is 11.9. The third kappa shape index (κ3) is 3.56. The fourth-order valence-electron chi connectivity index (χ4n) is 3.14. The van der Waals surface area contributed by atoms with Gasteiger partial charge in [-0.15, -0.1) is 10.2 Å². The second-order valence-corrected chi connectivity index (χ2v) is 6.47. The first-order valence-corrected chi connectivity index (χ1v) is 7.92. The van der Waals surface area contributed by atoms with Crippen molar-refractivity contribution in [2.75, 3.05) is 13.1 Å². The highest BCUT2D eigenvalue weighted by atomic mass is 15.3. The summed E-state index contributed by atoms with van der Waals surface area (Å²) >= 11 is 0. The lowest BCUT2D eigenvalue weighted by Gasteiger charge is -2.26. The standard InChI is InChI=1S/C15H26N4/c1-12-2-4-13(5-3-12)10-16-9-8-15-18-17-11-19(15)14-6-7-14/h11-14,16H,2-10H2,1H3. The van der Waals surface area contributed by atoms with Gasteiger partial charge in [-0.25, -0.2) is 0 Å². The lowest BCUT2D eigenvalue weighted by atomic mass is 9.83. The molecule has 2 aliphatic rings. The molecule has 2 aliphatic carbocycles. The van der Waals surface area contributed by atoms with Crippen LogP contribution in [0.15, 0.2) is 6.33 Å². The second kappa shape index (κ2) is 6.04. The zero-order valence-electron chi connectivity index (χ0n) is 12.0. The van der Waals surface area contributed by atoms with Gasteiger partial charge in [-0.05, 0) is 44.1 Å². The Balaban J connectivity index is 1.35. The maximum absolute atomic E-state index is 4.24. The summed E-state index contributed by atoms with van der Waals surface area (Å²) in [6, 6.07) is 0.699. The molecular weight excluding hydrogens is 236 g/mol. The van der Waals surface area contributed by atoms with Crippen LogP contribution in [-0.2, 0) is 6.42 Å². The van der Waals surface area contributed by atoms with Crippen molar-refractivity contribution < 1.29 is 0 Å². The summed E-state index contributed by atoms with van der Waals surface area (Å²) in [6.45, 7) is 4.61. The first kappa shape index (κ1) is 13.1. The van der Waals surface area contributed by atoms with Crippen LogP contribution < -0.4 is 5.32 Å². The molecule has 106 valence electrons. The van der Waals surface area contributed by atoms with Gasteiger partial charge in [0.25, 0.3) is 0 Å². The van der Waals surface area contributed by atoms with Crippen molar-refractivity contribution in [2.45, 2.75) is 57.9 Å². The van der Waals surface area contributed by atoms with Gasteiger partial charge in [-0.1, -0.05) is 19.8 Å². The molecule has 0 bridgehead atoms. The van der Waals surface area contributed by atoms with E-state index in [-0.39, 0.29) is 0 Å². The average molecular weight is 262 g/mol. The van der Waals surface area contributed by atoms with Crippen LogP contribution >= 0.6 is 0 Å². The van der Waals surface area contributed by atoms with Crippen molar-refractivity contribution in [1.82, 2.24) is 20.1 Å². The first-order valence-electron chi connectivity index (χ1n) is 7.92. The van der Waals surface area contributed by atoms with Gasteiger partial charge in [-0.3, -0.25) is 0 Å². The van der Waals surface area contributed by atoms with Crippen LogP contribution in [0, 0.1) is 11.8 Å². The molecule has 2 saturated carbocycles. The molecule has 19 heavy (non-hydrogen) atoms. The molecule has 0 amide bonds. The van der Waals surface area contributed by atoms with Gasteiger partial charge in [0.05, 0.1) is 0 Å². The molecule has 0 aliphatic heterocycles. The van der Waals surface area contributed by atoms with Crippen LogP contribution in [0.4, 0.5) is 0 Å². The lowest BCUT2D eigenvalue weighted by molar-refractivity contribution is 0.282. The quantitative estimate of drug-likeness (QED) is 0.801. The third-order valence-electron chi connectivity index (χ3n) is 4.68. The van der Waals surface area contributed by atoms with E-state index in [0.29, 0.717) is 6.04 Å². The van der Waals surface area contributed by atoms with Crippen LogP contribution in [0.2, 0.25) is 0 Å². The molecule has 2 fully saturated rings. The minimum absolute atomic E-state index is 0.699. The molecule has 0 saturated heterocycles. The summed E-state index contributed by atoms with van der Waals surface area (Å²) in [7, 11) is 0. The van der Waals surface area contributed by atoms with E-state index >= 15 is 0 Å². The summed E-state index contributed by atoms with van der Waals surface area (Å²) in [5.41, 5.74) is 0. The zero-order valence-corrected chi connectivity index (χ0v) is 12.0. The van der Waals surface area contributed by atoms with Gasteiger partial charge in [0.2, 0.25) is 0 Å². The first-order chi connectivity index (χ1) is 9.33. The fourth-order valence-corrected chi connectivity index (χ4v) is 3.14. The Hall–Kier alpha value is -0.900. The minimum Gasteiger partial charge on any atom is -0.316 e. The van der Waals surface area contributed by atoms with E-state index in [1.54, 1.807) is 0 Å². The average Bonchev–Trinajstić information content (AvgIpc) is 3.16. The number of nitrogens with zero attached hydrogens (tertiary/aromatic N) is 3. The maximum Gasteiger partial charge on any atom is 0.134 e. The van der Waals surface area contributed by atoms with E-state index in [1.165, 1.54) is 45.1 Å². The predicted octanol–water partition coefficient (Wildman–Crippen LogP) is 2.57. The molecule has 1 heterocycles. The maximum atomic E-state index is 4.24. The summed E-state index contributed by atoms with van der Waals surface area (Å²) < 4.78 is 2.27. The topological polar surface area (TPSA) is 42.7 Å². The Kier molecular flexibility index (Phi) is 4.16. The zero-order chi connectivity index (χ0) is 13.1. The molecule has 0 spiro atoms. The SMILES string of the molecule is CC1CCC(CNCCc2nncn2C2CC2)CC1. The Morgan fingerprint density at radius 1 is 1.21 bits per heavy atom. The van der Waals surface area contributed by atoms with E-state index < -0.39 is 0 Å². The second-order valence-electron chi connectivity index (χ2n) is 6.47. The smallest absolute Gasteiger partial charge is 0.134 e. The van der Waals surface area contributed by atoms with Crippen LogP contribution in [0.1, 0.15) is 57.3 Å². The van der Waals surface area contributed by atoms with Crippen molar-refractivity contribution in [3.8, 4) is 0 Å². The van der Waals surface area contributed by atoms with Crippen molar-refractivity contribution >= 4 is 0 Å². The van der Waals surface area contributed by atoms with Crippen molar-refractivity contribution in [2.24, 2.45) is 11.8 Å². The van der Waals surface area contributed by atoms with Crippen LogP contribution in [0.3, 0.4) is 0 Å². The molecule has 0 radical (unpaired) electrons. The van der Waals surface area contributed by atoms with Gasteiger partial charge in [0.15, 0.2) is 0 Å². The fraction of sp³-hybridized carbons (Fsp3) is 0.867. The predicted molar refractivity (Wildman–Crippen MR) is 76.0 cm³/mol. The van der Waals surface area contributed by atoms with Gasteiger partial charge < -0.3 is 9.88 Å². The molecule has 3 rings (SSSR count). The van der Waals surface area contributed by atoms with Gasteiger partial charge >= 0.3 is 0 Å². The molecule has 1 aromatic heterocycles. The lowest BCUT2D eigenvalue weighted by Crippen LogP contribution is -2.28. The van der Waals surface area contributed by atoms with E-state index in [9.17, 15) is 0 Å². The Morgan fingerprint density at radius 3 is 2.74 bits per heavy atom. The number of aromatic nitrogens is 3. The molecule has 0 atom stereocenters. The minimum atomic E-state index is 0.699. The van der Waals surface area contributed by atoms with Gasteiger partial charge in [0.1, 0.15) is 12.2 Å². The van der Waals surface area contributed by atoms with E-state index in [1.807, 2.05) is 6.33 Å². The van der Waals surface area contributed by atoms with Gasteiger partial charge in [0, 0.05) is 19.0 Å². The molecule has 4 heteroatoms. The highest BCUT2D eigenvalue weighted by Crippen LogP contribution is 2.35. The molecular formula is C15H26N4. The molecule has 1 aromatic rings. The van der Waals surface area contributed by atoms with E-state index in [2.05, 4.69) is 27.0 Å². The van der Waals surface area contributed by atoms with Crippen LogP contribution in [0.25, 0.3) is 0 Å². The van der Waals surface area contributed by atoms with E-state index in [4.69, 9.17) is 0 Å². The largest absolute Gasteiger partial charge is 0.316 e. The highest BCUT2D eigenvalue weighted by molar-refractivity contribution is 4.95. The Bertz CT molecular complexity index is 389. The summed E-state index contributed by atoms with van der Waals surface area (Å²) in [6.07, 6.45) is 11.2. The number of hydrogen-bond donors (Lipinski definition) is 1. The van der Waals surface area contributed by atoms with Crippen LogP contribution in [-0.4, -0.2) is 27.9 Å². The van der Waals surface area contributed by atoms with Crippen molar-refractivity contribution in [1.29, 1.82) is 0 Å². The van der Waals surface area contributed by atoms with Crippen molar-refractivity contribution in [3.05, 3.63) is 12.2 Å². The molecule has 0 unspecified atom stereocenters. The van der Waals surface area contributed by atoms with Crippen LogP contribution in [0.5, 0.6) is 0 Å². The summed E-state index contributed by atoms with van der Waals surface area (Å²) in [4.78, 5) is 0. The number of nitrogens with one attached hydrogen (secondary N) is 1. The normalized spacial score (nSPS) is 27.6. The number of rotatable bonds is 6.